The van der Waals surface area contributed by atoms with E-state index < -0.39 is 22.9 Å². The van der Waals surface area contributed by atoms with Crippen molar-refractivity contribution in [1.82, 2.24) is 0 Å². The van der Waals surface area contributed by atoms with Crippen molar-refractivity contribution >= 4 is 17.9 Å². The van der Waals surface area contributed by atoms with Gasteiger partial charge in [0, 0.05) is 16.7 Å². The second-order valence-corrected chi connectivity index (χ2v) is 9.09. The van der Waals surface area contributed by atoms with E-state index in [4.69, 9.17) is 0 Å². The fourth-order valence-corrected chi connectivity index (χ4v) is 6.83. The van der Waals surface area contributed by atoms with Crippen LogP contribution in [0.1, 0.15) is 46.0 Å². The second-order valence-electron chi connectivity index (χ2n) is 9.09. The van der Waals surface area contributed by atoms with Gasteiger partial charge >= 0.3 is 0 Å². The number of aliphatic hydroxyl groups is 2. The molecule has 26 heavy (non-hydrogen) atoms. The van der Waals surface area contributed by atoms with Crippen molar-refractivity contribution in [2.24, 2.45) is 28.6 Å². The highest BCUT2D eigenvalue weighted by atomic mass is 16.3. The van der Waals surface area contributed by atoms with Crippen LogP contribution in [0.2, 0.25) is 0 Å². The monoisotopic (exact) mass is 358 g/mol. The standard InChI is InChI=1S/C21H26O5/c1-19-7-5-13(23)9-12(19)3-4-14-15-6-8-21(26,17(25)11-22)20(15,2)10-16(24)18(14)19/h5,7,9,11,14-16,18,24,26H,3-4,6,8,10H2,1-2H3/t14-,15-,16+,18+,19-,20-,21-/m0/s1. The predicted octanol–water partition coefficient (Wildman–Crippen LogP) is 1.76. The van der Waals surface area contributed by atoms with E-state index in [0.29, 0.717) is 12.8 Å². The molecule has 2 N–H and O–H groups in total. The van der Waals surface area contributed by atoms with E-state index in [2.05, 4.69) is 6.92 Å². The lowest BCUT2D eigenvalue weighted by molar-refractivity contribution is -0.176. The van der Waals surface area contributed by atoms with Crippen LogP contribution in [0.3, 0.4) is 0 Å². The number of aliphatic hydroxyl groups excluding tert-OH is 1. The summed E-state index contributed by atoms with van der Waals surface area (Å²) in [6.45, 7) is 3.95. The Morgan fingerprint density at radius 2 is 2.04 bits per heavy atom. The van der Waals surface area contributed by atoms with Gasteiger partial charge in [0.2, 0.25) is 5.78 Å². The number of hydrogen-bond acceptors (Lipinski definition) is 5. The molecule has 3 fully saturated rings. The topological polar surface area (TPSA) is 91.7 Å². The van der Waals surface area contributed by atoms with E-state index in [1.165, 1.54) is 0 Å². The first-order valence-electron chi connectivity index (χ1n) is 9.52. The number of carbonyl (C=O) groups excluding carboxylic acids is 3. The molecule has 4 rings (SSSR count). The van der Waals surface area contributed by atoms with Crippen LogP contribution in [0.5, 0.6) is 0 Å². The Morgan fingerprint density at radius 3 is 2.73 bits per heavy atom. The molecule has 0 aromatic rings. The number of allylic oxidation sites excluding steroid dienone is 4. The molecule has 0 radical (unpaired) electrons. The minimum Gasteiger partial charge on any atom is -0.393 e. The van der Waals surface area contributed by atoms with Gasteiger partial charge in [0.15, 0.2) is 12.1 Å². The first-order chi connectivity index (χ1) is 12.2. The van der Waals surface area contributed by atoms with Crippen LogP contribution in [-0.2, 0) is 14.4 Å². The third-order valence-corrected chi connectivity index (χ3v) is 8.16. The summed E-state index contributed by atoms with van der Waals surface area (Å²) in [6.07, 6.45) is 7.62. The van der Waals surface area contributed by atoms with Crippen LogP contribution in [0.4, 0.5) is 0 Å². The van der Waals surface area contributed by atoms with E-state index in [1.54, 1.807) is 12.2 Å². The van der Waals surface area contributed by atoms with Crippen molar-refractivity contribution in [3.05, 3.63) is 23.8 Å². The van der Waals surface area contributed by atoms with Gasteiger partial charge in [0.05, 0.1) is 6.10 Å². The number of Topliss-reactive ketones (excluding diaryl/α,β-unsaturated/α-hetero) is 1. The van der Waals surface area contributed by atoms with Crippen LogP contribution >= 0.6 is 0 Å². The third-order valence-electron chi connectivity index (χ3n) is 8.16. The fourth-order valence-electron chi connectivity index (χ4n) is 6.83. The van der Waals surface area contributed by atoms with Crippen LogP contribution in [-0.4, -0.2) is 39.8 Å². The molecule has 140 valence electrons. The van der Waals surface area contributed by atoms with Crippen LogP contribution < -0.4 is 0 Å². The van der Waals surface area contributed by atoms with E-state index in [-0.39, 0.29) is 41.7 Å². The summed E-state index contributed by atoms with van der Waals surface area (Å²) in [7, 11) is 0. The maximum Gasteiger partial charge on any atom is 0.227 e. The Morgan fingerprint density at radius 1 is 1.31 bits per heavy atom. The maximum absolute atomic E-state index is 12.2. The quantitative estimate of drug-likeness (QED) is 0.580. The van der Waals surface area contributed by atoms with Gasteiger partial charge in [-0.05, 0) is 56.1 Å². The largest absolute Gasteiger partial charge is 0.393 e. The normalized spacial score (nSPS) is 49.7. The van der Waals surface area contributed by atoms with Crippen molar-refractivity contribution in [2.75, 3.05) is 0 Å². The molecule has 5 heteroatoms. The Kier molecular flexibility index (Phi) is 3.74. The number of fused-ring (bicyclic) bond motifs is 5. The van der Waals surface area contributed by atoms with Gasteiger partial charge in [-0.2, -0.15) is 0 Å². The first-order valence-corrected chi connectivity index (χ1v) is 9.52. The van der Waals surface area contributed by atoms with Gasteiger partial charge in [-0.3, -0.25) is 14.4 Å². The van der Waals surface area contributed by atoms with Crippen molar-refractivity contribution in [2.45, 2.75) is 57.7 Å². The second kappa shape index (κ2) is 5.46. The molecule has 4 aliphatic carbocycles. The molecule has 5 nitrogen and oxygen atoms in total. The van der Waals surface area contributed by atoms with E-state index in [9.17, 15) is 24.6 Å². The SMILES string of the molecule is C[C@]12C=CC(=O)C=C1CC[C@@H]1[C@@H]2[C@H](O)C[C@@]2(C)[C@H]1CC[C@]2(O)C(=O)C=O. The summed E-state index contributed by atoms with van der Waals surface area (Å²) in [5.41, 5.74) is -1.77. The molecule has 3 saturated carbocycles. The van der Waals surface area contributed by atoms with Crippen molar-refractivity contribution in [3.8, 4) is 0 Å². The Labute approximate surface area is 153 Å². The average molecular weight is 358 g/mol. The molecule has 0 heterocycles. The molecule has 4 aliphatic rings. The minimum atomic E-state index is -1.68. The summed E-state index contributed by atoms with van der Waals surface area (Å²) in [6, 6.07) is 0. The predicted molar refractivity (Wildman–Crippen MR) is 94.0 cm³/mol. The minimum absolute atomic E-state index is 0.00196. The van der Waals surface area contributed by atoms with Crippen molar-refractivity contribution in [3.63, 3.8) is 0 Å². The highest BCUT2D eigenvalue weighted by molar-refractivity contribution is 6.29. The average Bonchev–Trinajstić information content (AvgIpc) is 2.86. The summed E-state index contributed by atoms with van der Waals surface area (Å²) in [4.78, 5) is 35.2. The number of ketones is 2. The van der Waals surface area contributed by atoms with Crippen LogP contribution in [0.25, 0.3) is 0 Å². The van der Waals surface area contributed by atoms with Crippen LogP contribution in [0, 0.1) is 28.6 Å². The summed E-state index contributed by atoms with van der Waals surface area (Å²) < 4.78 is 0. The first kappa shape index (κ1) is 17.8. The lowest BCUT2D eigenvalue weighted by Gasteiger charge is -2.59. The van der Waals surface area contributed by atoms with E-state index >= 15 is 0 Å². The zero-order valence-corrected chi connectivity index (χ0v) is 15.3. The lowest BCUT2D eigenvalue weighted by atomic mass is 9.46. The molecule has 0 bridgehead atoms. The zero-order chi connectivity index (χ0) is 18.9. The molecule has 0 spiro atoms. The molecular weight excluding hydrogens is 332 g/mol. The molecule has 0 unspecified atom stereocenters. The molecule has 0 aromatic heterocycles. The van der Waals surface area contributed by atoms with E-state index in [0.717, 1.165) is 18.4 Å². The van der Waals surface area contributed by atoms with Gasteiger partial charge < -0.3 is 10.2 Å². The number of carbonyl (C=O) groups is 3. The lowest BCUT2D eigenvalue weighted by Crippen LogP contribution is -2.61. The summed E-state index contributed by atoms with van der Waals surface area (Å²) in [5, 5.41) is 22.2. The zero-order valence-electron chi connectivity index (χ0n) is 15.3. The number of aldehydes is 1. The molecule has 7 atom stereocenters. The molecule has 0 aromatic carbocycles. The van der Waals surface area contributed by atoms with Gasteiger partial charge in [-0.25, -0.2) is 0 Å². The fraction of sp³-hybridized carbons (Fsp3) is 0.667. The Hall–Kier alpha value is -1.59. The maximum atomic E-state index is 12.2. The van der Waals surface area contributed by atoms with Gasteiger partial charge in [-0.15, -0.1) is 0 Å². The number of hydrogen-bond donors (Lipinski definition) is 2. The Bertz CT molecular complexity index is 752. The molecule has 0 aliphatic heterocycles. The van der Waals surface area contributed by atoms with Crippen LogP contribution in [0.15, 0.2) is 23.8 Å². The van der Waals surface area contributed by atoms with E-state index in [1.807, 2.05) is 13.0 Å². The van der Waals surface area contributed by atoms with Gasteiger partial charge in [0.1, 0.15) is 5.60 Å². The van der Waals surface area contributed by atoms with Crippen molar-refractivity contribution in [1.29, 1.82) is 0 Å². The smallest absolute Gasteiger partial charge is 0.227 e. The molecule has 0 amide bonds. The number of rotatable bonds is 2. The third kappa shape index (κ3) is 2.01. The van der Waals surface area contributed by atoms with Crippen molar-refractivity contribution < 1.29 is 24.6 Å². The molecular formula is C21H26O5. The highest BCUT2D eigenvalue weighted by Gasteiger charge is 2.68. The summed E-state index contributed by atoms with van der Waals surface area (Å²) in [5.74, 6) is -0.582. The molecule has 0 saturated heterocycles. The highest BCUT2D eigenvalue weighted by Crippen LogP contribution is 2.66. The Balaban J connectivity index is 1.76. The van der Waals surface area contributed by atoms with Gasteiger partial charge in [-0.1, -0.05) is 25.5 Å². The summed E-state index contributed by atoms with van der Waals surface area (Å²) >= 11 is 0. The van der Waals surface area contributed by atoms with Gasteiger partial charge in [0.25, 0.3) is 0 Å².